The molecule has 106 valence electrons. The van der Waals surface area contributed by atoms with E-state index in [0.29, 0.717) is 6.04 Å². The Hall–Kier alpha value is -1.32. The van der Waals surface area contributed by atoms with Crippen molar-refractivity contribution in [3.8, 4) is 0 Å². The molecule has 1 aromatic heterocycles. The molecule has 1 aliphatic rings. The van der Waals surface area contributed by atoms with E-state index >= 15 is 0 Å². The molecule has 1 heterocycles. The number of aromatic nitrogens is 2. The first kappa shape index (κ1) is 14.1. The predicted octanol–water partition coefficient (Wildman–Crippen LogP) is 3.52. The molecule has 0 amide bonds. The number of hydrogen-bond acceptors (Lipinski definition) is 4. The van der Waals surface area contributed by atoms with E-state index in [-0.39, 0.29) is 0 Å². The topological polar surface area (TPSA) is 49.8 Å². The molecule has 2 unspecified atom stereocenters. The van der Waals surface area contributed by atoms with Crippen molar-refractivity contribution in [3.05, 3.63) is 11.4 Å². The number of anilines is 2. The molecule has 0 bridgehead atoms. The van der Waals surface area contributed by atoms with Crippen molar-refractivity contribution in [2.75, 3.05) is 17.2 Å². The lowest BCUT2D eigenvalue weighted by Gasteiger charge is -2.28. The maximum atomic E-state index is 4.57. The Kier molecular flexibility index (Phi) is 4.61. The number of aryl methyl sites for hydroxylation is 1. The summed E-state index contributed by atoms with van der Waals surface area (Å²) < 4.78 is 0. The van der Waals surface area contributed by atoms with E-state index in [2.05, 4.69) is 41.4 Å². The molecule has 2 N–H and O–H groups in total. The lowest BCUT2D eigenvalue weighted by molar-refractivity contribution is 0.358. The number of nitrogens with one attached hydrogen (secondary N) is 2. The van der Waals surface area contributed by atoms with Crippen LogP contribution >= 0.6 is 0 Å². The van der Waals surface area contributed by atoms with Crippen molar-refractivity contribution in [1.29, 1.82) is 0 Å². The van der Waals surface area contributed by atoms with Gasteiger partial charge in [-0.3, -0.25) is 0 Å². The van der Waals surface area contributed by atoms with Crippen molar-refractivity contribution in [3.63, 3.8) is 0 Å². The third-order valence-corrected chi connectivity index (χ3v) is 3.88. The SMILES string of the molecule is CCNc1nc(C)nc(NC2CCCC(C)C2)c1C. The average Bonchev–Trinajstić information content (AvgIpc) is 2.35. The van der Waals surface area contributed by atoms with Gasteiger partial charge in [0.25, 0.3) is 0 Å². The predicted molar refractivity (Wildman–Crippen MR) is 80.7 cm³/mol. The van der Waals surface area contributed by atoms with Gasteiger partial charge in [-0.05, 0) is 39.5 Å². The number of rotatable bonds is 4. The van der Waals surface area contributed by atoms with E-state index in [1.165, 1.54) is 25.7 Å². The summed E-state index contributed by atoms with van der Waals surface area (Å²) >= 11 is 0. The first-order valence-electron chi connectivity index (χ1n) is 7.45. The van der Waals surface area contributed by atoms with Gasteiger partial charge in [0, 0.05) is 18.2 Å². The highest BCUT2D eigenvalue weighted by Crippen LogP contribution is 2.28. The summed E-state index contributed by atoms with van der Waals surface area (Å²) in [6, 6.07) is 0.561. The van der Waals surface area contributed by atoms with Crippen LogP contribution in [-0.2, 0) is 0 Å². The molecular weight excluding hydrogens is 236 g/mol. The van der Waals surface area contributed by atoms with Crippen LogP contribution in [-0.4, -0.2) is 22.6 Å². The molecule has 1 saturated carbocycles. The summed E-state index contributed by atoms with van der Waals surface area (Å²) in [4.78, 5) is 9.04. The van der Waals surface area contributed by atoms with Crippen LogP contribution in [0.4, 0.5) is 11.6 Å². The van der Waals surface area contributed by atoms with Gasteiger partial charge in [-0.2, -0.15) is 0 Å². The second kappa shape index (κ2) is 6.22. The molecular formula is C15H26N4. The van der Waals surface area contributed by atoms with Gasteiger partial charge < -0.3 is 10.6 Å². The van der Waals surface area contributed by atoms with Gasteiger partial charge in [-0.25, -0.2) is 9.97 Å². The largest absolute Gasteiger partial charge is 0.370 e. The van der Waals surface area contributed by atoms with Crippen LogP contribution in [0.25, 0.3) is 0 Å². The first-order valence-corrected chi connectivity index (χ1v) is 7.45. The minimum absolute atomic E-state index is 0.561. The molecule has 0 radical (unpaired) electrons. The van der Waals surface area contributed by atoms with Gasteiger partial charge in [-0.1, -0.05) is 19.8 Å². The monoisotopic (exact) mass is 262 g/mol. The average molecular weight is 262 g/mol. The van der Waals surface area contributed by atoms with Crippen molar-refractivity contribution < 1.29 is 0 Å². The van der Waals surface area contributed by atoms with Crippen molar-refractivity contribution >= 4 is 11.6 Å². The summed E-state index contributed by atoms with van der Waals surface area (Å²) in [5.41, 5.74) is 1.13. The van der Waals surface area contributed by atoms with Crippen molar-refractivity contribution in [1.82, 2.24) is 9.97 Å². The third kappa shape index (κ3) is 3.58. The Morgan fingerprint density at radius 3 is 2.58 bits per heavy atom. The number of nitrogens with zero attached hydrogens (tertiary/aromatic N) is 2. The molecule has 19 heavy (non-hydrogen) atoms. The van der Waals surface area contributed by atoms with E-state index < -0.39 is 0 Å². The van der Waals surface area contributed by atoms with Gasteiger partial charge in [0.05, 0.1) is 0 Å². The zero-order valence-electron chi connectivity index (χ0n) is 12.6. The minimum Gasteiger partial charge on any atom is -0.370 e. The highest BCUT2D eigenvalue weighted by Gasteiger charge is 2.20. The molecule has 0 aliphatic heterocycles. The van der Waals surface area contributed by atoms with E-state index in [1.807, 2.05) is 6.92 Å². The highest BCUT2D eigenvalue weighted by molar-refractivity contribution is 5.57. The van der Waals surface area contributed by atoms with Gasteiger partial charge >= 0.3 is 0 Å². The minimum atomic E-state index is 0.561. The summed E-state index contributed by atoms with van der Waals surface area (Å²) in [6.45, 7) is 9.36. The second-order valence-corrected chi connectivity index (χ2v) is 5.74. The summed E-state index contributed by atoms with van der Waals surface area (Å²) in [5.74, 6) is 3.61. The Labute approximate surface area is 116 Å². The summed E-state index contributed by atoms with van der Waals surface area (Å²) in [6.07, 6.45) is 5.19. The van der Waals surface area contributed by atoms with Crippen LogP contribution in [0.3, 0.4) is 0 Å². The maximum absolute atomic E-state index is 4.57. The summed E-state index contributed by atoms with van der Waals surface area (Å²) in [7, 11) is 0. The fraction of sp³-hybridized carbons (Fsp3) is 0.733. The Bertz CT molecular complexity index is 430. The molecule has 1 fully saturated rings. The molecule has 2 rings (SSSR count). The zero-order chi connectivity index (χ0) is 13.8. The van der Waals surface area contributed by atoms with Crippen LogP contribution in [0.1, 0.15) is 50.9 Å². The normalized spacial score (nSPS) is 23.2. The van der Waals surface area contributed by atoms with Gasteiger partial charge in [0.15, 0.2) is 0 Å². The standard InChI is InChI=1S/C15H26N4/c1-5-16-14-11(3)15(18-12(4)17-14)19-13-8-6-7-10(2)9-13/h10,13H,5-9H2,1-4H3,(H2,16,17,18,19). The van der Waals surface area contributed by atoms with Crippen molar-refractivity contribution in [2.24, 2.45) is 5.92 Å². The van der Waals surface area contributed by atoms with E-state index in [0.717, 1.165) is 35.5 Å². The molecule has 2 atom stereocenters. The van der Waals surface area contributed by atoms with Crippen molar-refractivity contribution in [2.45, 2.75) is 59.4 Å². The van der Waals surface area contributed by atoms with Gasteiger partial charge in [0.2, 0.25) is 0 Å². The second-order valence-electron chi connectivity index (χ2n) is 5.74. The summed E-state index contributed by atoms with van der Waals surface area (Å²) in [5, 5.41) is 6.94. The maximum Gasteiger partial charge on any atom is 0.134 e. The molecule has 0 aromatic carbocycles. The Balaban J connectivity index is 2.14. The van der Waals surface area contributed by atoms with Crippen LogP contribution in [0.15, 0.2) is 0 Å². The smallest absolute Gasteiger partial charge is 0.134 e. The fourth-order valence-electron chi connectivity index (χ4n) is 2.87. The molecule has 4 heteroatoms. The molecule has 4 nitrogen and oxygen atoms in total. The molecule has 1 aliphatic carbocycles. The zero-order valence-corrected chi connectivity index (χ0v) is 12.6. The third-order valence-electron chi connectivity index (χ3n) is 3.88. The van der Waals surface area contributed by atoms with Crippen LogP contribution in [0.5, 0.6) is 0 Å². The van der Waals surface area contributed by atoms with Gasteiger partial charge in [-0.15, -0.1) is 0 Å². The van der Waals surface area contributed by atoms with E-state index in [9.17, 15) is 0 Å². The lowest BCUT2D eigenvalue weighted by atomic mass is 9.87. The molecule has 0 spiro atoms. The van der Waals surface area contributed by atoms with E-state index in [4.69, 9.17) is 0 Å². The lowest BCUT2D eigenvalue weighted by Crippen LogP contribution is -2.27. The number of hydrogen-bond donors (Lipinski definition) is 2. The Morgan fingerprint density at radius 1 is 1.16 bits per heavy atom. The van der Waals surface area contributed by atoms with E-state index in [1.54, 1.807) is 0 Å². The molecule has 1 aromatic rings. The van der Waals surface area contributed by atoms with Crippen LogP contribution < -0.4 is 10.6 Å². The first-order chi connectivity index (χ1) is 9.10. The Morgan fingerprint density at radius 2 is 1.89 bits per heavy atom. The van der Waals surface area contributed by atoms with Crippen LogP contribution in [0, 0.1) is 19.8 Å². The van der Waals surface area contributed by atoms with Gasteiger partial charge in [0.1, 0.15) is 17.5 Å². The quantitative estimate of drug-likeness (QED) is 0.871. The molecule has 0 saturated heterocycles. The highest BCUT2D eigenvalue weighted by atomic mass is 15.1. The fourth-order valence-corrected chi connectivity index (χ4v) is 2.87. The van der Waals surface area contributed by atoms with Crippen LogP contribution in [0.2, 0.25) is 0 Å².